The Balaban J connectivity index is 1.69. The van der Waals surface area contributed by atoms with Gasteiger partial charge in [-0.1, -0.05) is 38.1 Å². The summed E-state index contributed by atoms with van der Waals surface area (Å²) in [5.74, 6) is 1.54. The van der Waals surface area contributed by atoms with Crippen molar-refractivity contribution in [3.8, 4) is 11.3 Å². The number of rotatable bonds is 3. The summed E-state index contributed by atoms with van der Waals surface area (Å²) < 4.78 is 1.93. The second-order valence-electron chi connectivity index (χ2n) is 7.21. The van der Waals surface area contributed by atoms with Crippen LogP contribution < -0.4 is 10.6 Å². The van der Waals surface area contributed by atoms with Crippen LogP contribution in [0.2, 0.25) is 0 Å². The quantitative estimate of drug-likeness (QED) is 0.796. The first-order valence-corrected chi connectivity index (χ1v) is 9.07. The molecule has 1 fully saturated rings. The minimum Gasteiger partial charge on any atom is -0.355 e. The average Bonchev–Trinajstić information content (AvgIpc) is 3.07. The highest BCUT2D eigenvalue weighted by molar-refractivity contribution is 5.75. The molecule has 2 aromatic heterocycles. The van der Waals surface area contributed by atoms with Gasteiger partial charge in [-0.2, -0.15) is 5.10 Å². The number of aromatic nitrogens is 3. The van der Waals surface area contributed by atoms with Crippen molar-refractivity contribution >= 4 is 11.3 Å². The van der Waals surface area contributed by atoms with Gasteiger partial charge >= 0.3 is 0 Å². The van der Waals surface area contributed by atoms with E-state index in [2.05, 4.69) is 54.1 Å². The molecule has 3 heterocycles. The van der Waals surface area contributed by atoms with E-state index < -0.39 is 0 Å². The molecule has 2 N–H and O–H groups in total. The monoisotopic (exact) mass is 335 g/mol. The standard InChI is InChI=1S/C20H25N5/c1-14(2)15-3-5-16(6-4-15)18-13-19-20(22-9-12-25(19)23-18)24-10-7-17(21)8-11-24/h3-6,9,12-14,17H,7-8,10-11,21H2,1-2H3. The number of nitrogens with two attached hydrogens (primary N) is 1. The van der Waals surface area contributed by atoms with E-state index in [1.807, 2.05) is 16.9 Å². The largest absolute Gasteiger partial charge is 0.355 e. The minimum atomic E-state index is 0.316. The second-order valence-corrected chi connectivity index (χ2v) is 7.21. The summed E-state index contributed by atoms with van der Waals surface area (Å²) in [5.41, 5.74) is 10.6. The number of nitrogens with zero attached hydrogens (tertiary/aromatic N) is 4. The van der Waals surface area contributed by atoms with Gasteiger partial charge in [-0.3, -0.25) is 0 Å². The zero-order chi connectivity index (χ0) is 17.4. The molecule has 0 unspecified atom stereocenters. The number of benzene rings is 1. The van der Waals surface area contributed by atoms with E-state index in [-0.39, 0.29) is 0 Å². The van der Waals surface area contributed by atoms with E-state index in [1.54, 1.807) is 0 Å². The third-order valence-corrected chi connectivity index (χ3v) is 5.08. The van der Waals surface area contributed by atoms with Gasteiger partial charge in [0, 0.05) is 37.1 Å². The van der Waals surface area contributed by atoms with Gasteiger partial charge in [0.1, 0.15) is 5.52 Å². The van der Waals surface area contributed by atoms with E-state index in [9.17, 15) is 0 Å². The lowest BCUT2D eigenvalue weighted by Gasteiger charge is -2.31. The maximum Gasteiger partial charge on any atom is 0.154 e. The van der Waals surface area contributed by atoms with E-state index in [4.69, 9.17) is 10.8 Å². The predicted molar refractivity (Wildman–Crippen MR) is 102 cm³/mol. The first-order chi connectivity index (χ1) is 12.1. The maximum absolute atomic E-state index is 6.04. The van der Waals surface area contributed by atoms with Crippen molar-refractivity contribution in [2.24, 2.45) is 5.73 Å². The maximum atomic E-state index is 6.04. The molecule has 1 aromatic carbocycles. The molecule has 0 spiro atoms. The number of fused-ring (bicyclic) bond motifs is 1. The van der Waals surface area contributed by atoms with Crippen molar-refractivity contribution < 1.29 is 0 Å². The summed E-state index contributed by atoms with van der Waals surface area (Å²) in [6, 6.07) is 11.1. The molecule has 0 atom stereocenters. The molecule has 0 saturated carbocycles. The number of piperidine rings is 1. The van der Waals surface area contributed by atoms with Crippen LogP contribution in [0.5, 0.6) is 0 Å². The van der Waals surface area contributed by atoms with Crippen molar-refractivity contribution in [2.75, 3.05) is 18.0 Å². The molecule has 130 valence electrons. The van der Waals surface area contributed by atoms with Gasteiger partial charge in [0.05, 0.1) is 5.69 Å². The van der Waals surface area contributed by atoms with Crippen LogP contribution in [0.3, 0.4) is 0 Å². The second kappa shape index (κ2) is 6.48. The van der Waals surface area contributed by atoms with E-state index in [0.717, 1.165) is 48.5 Å². The first kappa shape index (κ1) is 16.1. The fourth-order valence-corrected chi connectivity index (χ4v) is 3.44. The lowest BCUT2D eigenvalue weighted by molar-refractivity contribution is 0.499. The van der Waals surface area contributed by atoms with Crippen molar-refractivity contribution in [1.29, 1.82) is 0 Å². The van der Waals surface area contributed by atoms with Crippen molar-refractivity contribution in [2.45, 2.75) is 38.6 Å². The van der Waals surface area contributed by atoms with Gasteiger partial charge in [0.25, 0.3) is 0 Å². The lowest BCUT2D eigenvalue weighted by atomic mass is 10.0. The average molecular weight is 335 g/mol. The molecular weight excluding hydrogens is 310 g/mol. The molecule has 1 aliphatic heterocycles. The van der Waals surface area contributed by atoms with Crippen LogP contribution >= 0.6 is 0 Å². The molecule has 5 heteroatoms. The Labute approximate surface area is 148 Å². The Kier molecular flexibility index (Phi) is 4.17. The number of hydrogen-bond donors (Lipinski definition) is 1. The lowest BCUT2D eigenvalue weighted by Crippen LogP contribution is -2.40. The molecule has 0 amide bonds. The summed E-state index contributed by atoms with van der Waals surface area (Å²) in [6.45, 7) is 6.33. The normalized spacial score (nSPS) is 16.1. The third kappa shape index (κ3) is 3.12. The van der Waals surface area contributed by atoms with Gasteiger partial charge in [0.15, 0.2) is 5.82 Å². The summed E-state index contributed by atoms with van der Waals surface area (Å²) >= 11 is 0. The van der Waals surface area contributed by atoms with E-state index in [1.165, 1.54) is 5.56 Å². The topological polar surface area (TPSA) is 59.5 Å². The highest BCUT2D eigenvalue weighted by Gasteiger charge is 2.20. The van der Waals surface area contributed by atoms with Crippen molar-refractivity contribution in [3.63, 3.8) is 0 Å². The highest BCUT2D eigenvalue weighted by Crippen LogP contribution is 2.27. The fraction of sp³-hybridized carbons (Fsp3) is 0.400. The van der Waals surface area contributed by atoms with Gasteiger partial charge < -0.3 is 10.6 Å². The van der Waals surface area contributed by atoms with Crippen LogP contribution in [0.25, 0.3) is 16.8 Å². The molecule has 0 radical (unpaired) electrons. The summed E-state index contributed by atoms with van der Waals surface area (Å²) in [6.07, 6.45) is 5.77. The Morgan fingerprint density at radius 2 is 1.84 bits per heavy atom. The third-order valence-electron chi connectivity index (χ3n) is 5.08. The molecule has 5 nitrogen and oxygen atoms in total. The molecule has 25 heavy (non-hydrogen) atoms. The molecule has 3 aromatic rings. The molecular formula is C20H25N5. The van der Waals surface area contributed by atoms with Crippen LogP contribution in [-0.4, -0.2) is 33.7 Å². The molecule has 1 aliphatic rings. The summed E-state index contributed by atoms with van der Waals surface area (Å²) in [4.78, 5) is 6.95. The van der Waals surface area contributed by atoms with Crippen LogP contribution in [0.15, 0.2) is 42.7 Å². The predicted octanol–water partition coefficient (Wildman–Crippen LogP) is 3.45. The van der Waals surface area contributed by atoms with Crippen LogP contribution in [0, 0.1) is 0 Å². The molecule has 0 bridgehead atoms. The minimum absolute atomic E-state index is 0.316. The van der Waals surface area contributed by atoms with Gasteiger partial charge in [-0.05, 0) is 30.4 Å². The summed E-state index contributed by atoms with van der Waals surface area (Å²) in [7, 11) is 0. The van der Waals surface area contributed by atoms with E-state index >= 15 is 0 Å². The number of anilines is 1. The zero-order valence-electron chi connectivity index (χ0n) is 14.9. The van der Waals surface area contributed by atoms with Crippen molar-refractivity contribution in [1.82, 2.24) is 14.6 Å². The van der Waals surface area contributed by atoms with Crippen LogP contribution in [0.4, 0.5) is 5.82 Å². The van der Waals surface area contributed by atoms with E-state index in [0.29, 0.717) is 12.0 Å². The fourth-order valence-electron chi connectivity index (χ4n) is 3.44. The van der Waals surface area contributed by atoms with Gasteiger partial charge in [0.2, 0.25) is 0 Å². The van der Waals surface area contributed by atoms with Crippen LogP contribution in [-0.2, 0) is 0 Å². The molecule has 1 saturated heterocycles. The molecule has 4 rings (SSSR count). The SMILES string of the molecule is CC(C)c1ccc(-c2cc3c(N4CCC(N)CC4)nccn3n2)cc1. The summed E-state index contributed by atoms with van der Waals surface area (Å²) in [5, 5.41) is 4.75. The van der Waals surface area contributed by atoms with Gasteiger partial charge in [-0.15, -0.1) is 0 Å². The Morgan fingerprint density at radius 3 is 2.52 bits per heavy atom. The van der Waals surface area contributed by atoms with Gasteiger partial charge in [-0.25, -0.2) is 9.50 Å². The Hall–Kier alpha value is -2.40. The first-order valence-electron chi connectivity index (χ1n) is 9.07. The smallest absolute Gasteiger partial charge is 0.154 e. The Morgan fingerprint density at radius 1 is 1.12 bits per heavy atom. The Bertz CT molecular complexity index is 857. The zero-order valence-corrected chi connectivity index (χ0v) is 14.9. The highest BCUT2D eigenvalue weighted by atomic mass is 15.3. The number of hydrogen-bond acceptors (Lipinski definition) is 4. The molecule has 0 aliphatic carbocycles. The van der Waals surface area contributed by atoms with Crippen LogP contribution in [0.1, 0.15) is 38.2 Å². The van der Waals surface area contributed by atoms with Crippen molar-refractivity contribution in [3.05, 3.63) is 48.3 Å².